The number of hydrogen-bond acceptors (Lipinski definition) is 10. The second-order valence-electron chi connectivity index (χ2n) is 8.16. The minimum absolute atomic E-state index is 0.0199. The fourth-order valence-corrected chi connectivity index (χ4v) is 3.70. The van der Waals surface area contributed by atoms with E-state index in [1.165, 1.54) is 24.6 Å². The highest BCUT2D eigenvalue weighted by Gasteiger charge is 2.44. The molecular weight excluding hydrogens is 436 g/mol. The van der Waals surface area contributed by atoms with Gasteiger partial charge in [0, 0.05) is 6.07 Å². The average molecular weight is 468 g/mol. The van der Waals surface area contributed by atoms with Gasteiger partial charge in [0.2, 0.25) is 12.0 Å². The number of rotatable bonds is 11. The molecule has 1 aliphatic rings. The van der Waals surface area contributed by atoms with Gasteiger partial charge in [-0.15, -0.1) is 0 Å². The van der Waals surface area contributed by atoms with E-state index < -0.39 is 42.9 Å². The summed E-state index contributed by atoms with van der Waals surface area (Å²) in [5.74, 6) is -0.486. The SMILES string of the molecule is CCCCCCCCOc1c(O)c2ccc(O[C@@H]3O[C@H](CO)[C@@H](O)[C@H](O)[C@@H]3O)cc2oc1=O. The molecule has 2 heterocycles. The summed E-state index contributed by atoms with van der Waals surface area (Å²) in [6, 6.07) is 4.21. The van der Waals surface area contributed by atoms with Crippen molar-refractivity contribution in [3.63, 3.8) is 0 Å². The Bertz CT molecular complexity index is 956. The molecule has 10 nitrogen and oxygen atoms in total. The third kappa shape index (κ3) is 5.96. The summed E-state index contributed by atoms with van der Waals surface area (Å²) in [6.45, 7) is 1.84. The maximum Gasteiger partial charge on any atom is 0.383 e. The van der Waals surface area contributed by atoms with E-state index in [1.807, 2.05) is 0 Å². The van der Waals surface area contributed by atoms with Gasteiger partial charge >= 0.3 is 5.63 Å². The molecule has 1 saturated heterocycles. The van der Waals surface area contributed by atoms with Crippen molar-refractivity contribution in [1.29, 1.82) is 0 Å². The lowest BCUT2D eigenvalue weighted by molar-refractivity contribution is -0.277. The van der Waals surface area contributed by atoms with E-state index in [9.17, 15) is 30.3 Å². The van der Waals surface area contributed by atoms with Crippen molar-refractivity contribution in [2.75, 3.05) is 13.2 Å². The van der Waals surface area contributed by atoms with E-state index in [0.29, 0.717) is 0 Å². The lowest BCUT2D eigenvalue weighted by Gasteiger charge is -2.39. The minimum Gasteiger partial charge on any atom is -0.504 e. The molecule has 0 saturated carbocycles. The number of aromatic hydroxyl groups is 1. The molecule has 0 amide bonds. The molecule has 0 unspecified atom stereocenters. The number of aliphatic hydroxyl groups is 4. The molecular formula is C23H32O10. The molecule has 5 N–H and O–H groups in total. The third-order valence-corrected chi connectivity index (χ3v) is 5.66. The Balaban J connectivity index is 1.69. The van der Waals surface area contributed by atoms with E-state index in [1.54, 1.807) is 0 Å². The molecule has 1 aliphatic heterocycles. The Hall–Kier alpha value is -2.37. The summed E-state index contributed by atoms with van der Waals surface area (Å²) < 4.78 is 21.6. The molecule has 2 aromatic rings. The topological polar surface area (TPSA) is 159 Å². The maximum absolute atomic E-state index is 12.3. The van der Waals surface area contributed by atoms with Crippen LogP contribution in [0.3, 0.4) is 0 Å². The third-order valence-electron chi connectivity index (χ3n) is 5.66. The van der Waals surface area contributed by atoms with Gasteiger partial charge in [-0.25, -0.2) is 4.79 Å². The molecule has 0 bridgehead atoms. The van der Waals surface area contributed by atoms with Gasteiger partial charge in [-0.3, -0.25) is 0 Å². The van der Waals surface area contributed by atoms with Crippen molar-refractivity contribution >= 4 is 11.0 Å². The molecule has 184 valence electrons. The first-order valence-electron chi connectivity index (χ1n) is 11.3. The highest BCUT2D eigenvalue weighted by molar-refractivity contribution is 5.86. The smallest absolute Gasteiger partial charge is 0.383 e. The Morgan fingerprint density at radius 3 is 2.45 bits per heavy atom. The summed E-state index contributed by atoms with van der Waals surface area (Å²) in [5.41, 5.74) is -0.817. The van der Waals surface area contributed by atoms with Crippen molar-refractivity contribution in [2.24, 2.45) is 0 Å². The highest BCUT2D eigenvalue weighted by Crippen LogP contribution is 2.34. The van der Waals surface area contributed by atoms with Crippen LogP contribution in [-0.4, -0.2) is 69.5 Å². The van der Waals surface area contributed by atoms with Crippen molar-refractivity contribution in [2.45, 2.75) is 76.2 Å². The predicted octanol–water partition coefficient (Wildman–Crippen LogP) is 1.42. The molecule has 5 atom stereocenters. The molecule has 1 fully saturated rings. The summed E-state index contributed by atoms with van der Waals surface area (Å²) in [4.78, 5) is 12.3. The monoisotopic (exact) mass is 468 g/mol. The van der Waals surface area contributed by atoms with Crippen LogP contribution in [0.15, 0.2) is 27.4 Å². The first-order valence-corrected chi connectivity index (χ1v) is 11.3. The van der Waals surface area contributed by atoms with Crippen LogP contribution in [0.4, 0.5) is 0 Å². The van der Waals surface area contributed by atoms with Crippen molar-refractivity contribution in [3.05, 3.63) is 28.6 Å². The van der Waals surface area contributed by atoms with Crippen molar-refractivity contribution < 1.29 is 44.2 Å². The average Bonchev–Trinajstić information content (AvgIpc) is 2.80. The molecule has 0 aliphatic carbocycles. The van der Waals surface area contributed by atoms with Crippen LogP contribution >= 0.6 is 0 Å². The number of unbranched alkanes of at least 4 members (excludes halogenated alkanes) is 5. The molecule has 33 heavy (non-hydrogen) atoms. The predicted molar refractivity (Wildman–Crippen MR) is 117 cm³/mol. The second-order valence-corrected chi connectivity index (χ2v) is 8.16. The van der Waals surface area contributed by atoms with Crippen LogP contribution in [0.2, 0.25) is 0 Å². The van der Waals surface area contributed by atoms with Gasteiger partial charge in [0.25, 0.3) is 0 Å². The number of ether oxygens (including phenoxy) is 3. The largest absolute Gasteiger partial charge is 0.504 e. The van der Waals surface area contributed by atoms with E-state index in [0.717, 1.165) is 32.1 Å². The van der Waals surface area contributed by atoms with Crippen LogP contribution in [0.5, 0.6) is 17.2 Å². The van der Waals surface area contributed by atoms with Crippen LogP contribution in [0.25, 0.3) is 11.0 Å². The minimum atomic E-state index is -1.59. The van der Waals surface area contributed by atoms with E-state index in [-0.39, 0.29) is 34.8 Å². The molecule has 10 heteroatoms. The first kappa shape index (κ1) is 25.3. The molecule has 0 radical (unpaired) electrons. The van der Waals surface area contributed by atoms with Crippen molar-refractivity contribution in [1.82, 2.24) is 0 Å². The fraction of sp³-hybridized carbons (Fsp3) is 0.609. The van der Waals surface area contributed by atoms with Gasteiger partial charge in [-0.05, 0) is 18.6 Å². The summed E-state index contributed by atoms with van der Waals surface area (Å²) >= 11 is 0. The fourth-order valence-electron chi connectivity index (χ4n) is 3.70. The van der Waals surface area contributed by atoms with Crippen LogP contribution in [0, 0.1) is 0 Å². The molecule has 3 rings (SSSR count). The Morgan fingerprint density at radius 1 is 1.00 bits per heavy atom. The number of aliphatic hydroxyl groups excluding tert-OH is 4. The second kappa shape index (κ2) is 11.7. The first-order chi connectivity index (χ1) is 15.9. The quantitative estimate of drug-likeness (QED) is 0.241. The van der Waals surface area contributed by atoms with Crippen LogP contribution < -0.4 is 15.1 Å². The van der Waals surface area contributed by atoms with Gasteiger partial charge in [0.05, 0.1) is 18.6 Å². The zero-order valence-electron chi connectivity index (χ0n) is 18.6. The summed E-state index contributed by atoms with van der Waals surface area (Å²) in [7, 11) is 0. The van der Waals surface area contributed by atoms with Crippen molar-refractivity contribution in [3.8, 4) is 17.2 Å². The number of hydrogen-bond donors (Lipinski definition) is 5. The van der Waals surface area contributed by atoms with Gasteiger partial charge < -0.3 is 44.2 Å². The van der Waals surface area contributed by atoms with Gasteiger partial charge in [0.15, 0.2) is 5.75 Å². The lowest BCUT2D eigenvalue weighted by Crippen LogP contribution is -2.60. The van der Waals surface area contributed by atoms with Gasteiger partial charge in [-0.2, -0.15) is 0 Å². The van der Waals surface area contributed by atoms with Gasteiger partial charge in [-0.1, -0.05) is 39.0 Å². The van der Waals surface area contributed by atoms with Gasteiger partial charge in [0.1, 0.15) is 35.7 Å². The van der Waals surface area contributed by atoms with E-state index >= 15 is 0 Å². The summed E-state index contributed by atoms with van der Waals surface area (Å²) in [5, 5.41) is 49.9. The van der Waals surface area contributed by atoms with E-state index in [4.69, 9.17) is 18.6 Å². The zero-order valence-corrected chi connectivity index (χ0v) is 18.6. The Kier molecular flexibility index (Phi) is 8.93. The zero-order chi connectivity index (χ0) is 24.0. The normalized spacial score (nSPS) is 25.3. The van der Waals surface area contributed by atoms with E-state index in [2.05, 4.69) is 6.92 Å². The highest BCUT2D eigenvalue weighted by atomic mass is 16.7. The number of fused-ring (bicyclic) bond motifs is 1. The number of benzene rings is 1. The Labute approximate surface area is 190 Å². The maximum atomic E-state index is 12.3. The standard InChI is InChI=1S/C23H32O10/c1-2-3-4-5-6-7-10-30-21-17(25)14-9-8-13(11-15(14)32-22(21)29)31-23-20(28)19(27)18(26)16(12-24)33-23/h8-9,11,16,18-20,23-28H,2-7,10,12H2,1H3/t16-,18-,19+,20+,23-/m1/s1. The Morgan fingerprint density at radius 2 is 1.73 bits per heavy atom. The summed E-state index contributed by atoms with van der Waals surface area (Å²) in [6.07, 6.45) is -0.862. The molecule has 0 spiro atoms. The lowest BCUT2D eigenvalue weighted by atomic mass is 9.99. The van der Waals surface area contributed by atoms with Crippen LogP contribution in [0.1, 0.15) is 45.4 Å². The molecule has 1 aromatic carbocycles. The molecule has 1 aromatic heterocycles. The van der Waals surface area contributed by atoms with Crippen LogP contribution in [-0.2, 0) is 4.74 Å².